The van der Waals surface area contributed by atoms with Gasteiger partial charge in [0.1, 0.15) is 4.47 Å². The minimum Gasteiger partial charge on any atom is -0.348 e. The fourth-order valence-corrected chi connectivity index (χ4v) is 2.43. The van der Waals surface area contributed by atoms with Crippen molar-refractivity contribution < 1.29 is 9.72 Å². The SMILES string of the molecule is O=C(NCc1ccc(Cl)cc1)c1cccc([N+](=O)[O-])c1Br. The maximum atomic E-state index is 12.1. The Morgan fingerprint density at radius 3 is 2.52 bits per heavy atom. The number of halogens is 2. The number of nitro groups is 1. The van der Waals surface area contributed by atoms with E-state index in [0.717, 1.165) is 5.56 Å². The molecule has 0 aliphatic rings. The molecule has 0 aliphatic carbocycles. The molecule has 0 radical (unpaired) electrons. The Morgan fingerprint density at radius 1 is 1.24 bits per heavy atom. The van der Waals surface area contributed by atoms with Crippen molar-refractivity contribution in [3.8, 4) is 0 Å². The van der Waals surface area contributed by atoms with Crippen molar-refractivity contribution in [3.63, 3.8) is 0 Å². The lowest BCUT2D eigenvalue weighted by Crippen LogP contribution is -2.23. The van der Waals surface area contributed by atoms with Gasteiger partial charge in [0, 0.05) is 17.6 Å². The van der Waals surface area contributed by atoms with E-state index in [4.69, 9.17) is 11.6 Å². The van der Waals surface area contributed by atoms with Gasteiger partial charge in [-0.25, -0.2) is 0 Å². The molecule has 0 heterocycles. The molecule has 1 amide bonds. The van der Waals surface area contributed by atoms with E-state index in [-0.39, 0.29) is 21.6 Å². The normalized spacial score (nSPS) is 10.2. The number of rotatable bonds is 4. The standard InChI is InChI=1S/C14H10BrClN2O3/c15-13-11(2-1-3-12(13)18(20)21)14(19)17-8-9-4-6-10(16)7-5-9/h1-7H,8H2,(H,17,19). The summed E-state index contributed by atoms with van der Waals surface area (Å²) in [6, 6.07) is 11.4. The van der Waals surface area contributed by atoms with Gasteiger partial charge >= 0.3 is 0 Å². The summed E-state index contributed by atoms with van der Waals surface area (Å²) in [6.45, 7) is 0.311. The zero-order valence-electron chi connectivity index (χ0n) is 10.7. The lowest BCUT2D eigenvalue weighted by atomic mass is 10.1. The predicted molar refractivity (Wildman–Crippen MR) is 83.4 cm³/mol. The van der Waals surface area contributed by atoms with E-state index < -0.39 is 4.92 Å². The third-order valence-electron chi connectivity index (χ3n) is 2.79. The van der Waals surface area contributed by atoms with E-state index in [1.165, 1.54) is 18.2 Å². The molecule has 0 unspecified atom stereocenters. The van der Waals surface area contributed by atoms with Crippen molar-refractivity contribution in [3.05, 3.63) is 73.2 Å². The number of nitrogens with one attached hydrogen (secondary N) is 1. The second-order valence-corrected chi connectivity index (χ2v) is 5.43. The number of hydrogen-bond acceptors (Lipinski definition) is 3. The van der Waals surface area contributed by atoms with Gasteiger partial charge < -0.3 is 5.32 Å². The van der Waals surface area contributed by atoms with Crippen molar-refractivity contribution in [1.29, 1.82) is 0 Å². The van der Waals surface area contributed by atoms with E-state index in [9.17, 15) is 14.9 Å². The fraction of sp³-hybridized carbons (Fsp3) is 0.0714. The van der Waals surface area contributed by atoms with Gasteiger partial charge in [-0.05, 0) is 39.7 Å². The molecule has 0 fully saturated rings. The van der Waals surface area contributed by atoms with Crippen LogP contribution in [0.2, 0.25) is 5.02 Å². The molecule has 7 heteroatoms. The number of nitrogens with zero attached hydrogens (tertiary/aromatic N) is 1. The highest BCUT2D eigenvalue weighted by atomic mass is 79.9. The Morgan fingerprint density at radius 2 is 1.90 bits per heavy atom. The lowest BCUT2D eigenvalue weighted by Gasteiger charge is -2.07. The molecule has 0 aliphatic heterocycles. The summed E-state index contributed by atoms with van der Waals surface area (Å²) in [4.78, 5) is 22.4. The van der Waals surface area contributed by atoms with Crippen LogP contribution < -0.4 is 5.32 Å². The van der Waals surface area contributed by atoms with Crippen LogP contribution in [0, 0.1) is 10.1 Å². The molecule has 0 saturated heterocycles. The zero-order chi connectivity index (χ0) is 15.4. The second-order valence-electron chi connectivity index (χ2n) is 4.20. The van der Waals surface area contributed by atoms with Crippen LogP contribution in [0.1, 0.15) is 15.9 Å². The summed E-state index contributed by atoms with van der Waals surface area (Å²) in [6.07, 6.45) is 0. The highest BCUT2D eigenvalue weighted by molar-refractivity contribution is 9.10. The minimum absolute atomic E-state index is 0.144. The molecule has 0 aromatic heterocycles. The van der Waals surface area contributed by atoms with Crippen molar-refractivity contribution in [2.24, 2.45) is 0 Å². The Bertz CT molecular complexity index is 689. The van der Waals surface area contributed by atoms with E-state index >= 15 is 0 Å². The number of nitro benzene ring substituents is 1. The Balaban J connectivity index is 2.12. The van der Waals surface area contributed by atoms with Gasteiger partial charge in [0.25, 0.3) is 11.6 Å². The van der Waals surface area contributed by atoms with Crippen molar-refractivity contribution in [1.82, 2.24) is 5.32 Å². The molecule has 21 heavy (non-hydrogen) atoms. The van der Waals surface area contributed by atoms with Gasteiger partial charge in [-0.15, -0.1) is 0 Å². The van der Waals surface area contributed by atoms with Crippen molar-refractivity contribution >= 4 is 39.1 Å². The van der Waals surface area contributed by atoms with Gasteiger partial charge in [-0.2, -0.15) is 0 Å². The van der Waals surface area contributed by atoms with Gasteiger partial charge in [0.2, 0.25) is 0 Å². The number of benzene rings is 2. The van der Waals surface area contributed by atoms with Gasteiger partial charge in [0.15, 0.2) is 0 Å². The van der Waals surface area contributed by atoms with E-state index in [1.807, 2.05) is 0 Å². The zero-order valence-corrected chi connectivity index (χ0v) is 13.0. The third kappa shape index (κ3) is 3.80. The molecule has 2 rings (SSSR count). The topological polar surface area (TPSA) is 72.2 Å². The van der Waals surface area contributed by atoms with Crippen LogP contribution in [0.4, 0.5) is 5.69 Å². The largest absolute Gasteiger partial charge is 0.348 e. The summed E-state index contributed by atoms with van der Waals surface area (Å²) in [5.74, 6) is -0.388. The van der Waals surface area contributed by atoms with Crippen LogP contribution in [-0.4, -0.2) is 10.8 Å². The van der Waals surface area contributed by atoms with E-state index in [0.29, 0.717) is 11.6 Å². The number of amides is 1. The van der Waals surface area contributed by atoms with Gasteiger partial charge in [-0.3, -0.25) is 14.9 Å². The number of hydrogen-bond donors (Lipinski definition) is 1. The predicted octanol–water partition coefficient (Wildman–Crippen LogP) is 3.94. The number of carbonyl (C=O) groups excluding carboxylic acids is 1. The summed E-state index contributed by atoms with van der Waals surface area (Å²) >= 11 is 8.88. The number of carbonyl (C=O) groups is 1. The first-order valence-electron chi connectivity index (χ1n) is 5.94. The fourth-order valence-electron chi connectivity index (χ4n) is 1.72. The molecule has 0 atom stereocenters. The molecule has 5 nitrogen and oxygen atoms in total. The van der Waals surface area contributed by atoms with Crippen molar-refractivity contribution in [2.45, 2.75) is 6.54 Å². The molecule has 2 aromatic rings. The Labute approximate surface area is 134 Å². The smallest absolute Gasteiger partial charge is 0.284 e. The van der Waals surface area contributed by atoms with Crippen LogP contribution in [0.25, 0.3) is 0 Å². The summed E-state index contributed by atoms with van der Waals surface area (Å²) in [5, 5.41) is 14.2. The monoisotopic (exact) mass is 368 g/mol. The molecular formula is C14H10BrClN2O3. The summed E-state index contributed by atoms with van der Waals surface area (Å²) in [5.41, 5.74) is 0.960. The Kier molecular flexibility index (Phi) is 4.93. The van der Waals surface area contributed by atoms with Crippen LogP contribution in [0.5, 0.6) is 0 Å². The second kappa shape index (κ2) is 6.69. The van der Waals surface area contributed by atoms with Crippen molar-refractivity contribution in [2.75, 3.05) is 0 Å². The Hall–Kier alpha value is -1.92. The van der Waals surface area contributed by atoms with Crippen LogP contribution in [0.3, 0.4) is 0 Å². The first-order valence-corrected chi connectivity index (χ1v) is 7.11. The van der Waals surface area contributed by atoms with Gasteiger partial charge in [0.05, 0.1) is 10.5 Å². The maximum absolute atomic E-state index is 12.1. The van der Waals surface area contributed by atoms with E-state index in [1.54, 1.807) is 24.3 Å². The first kappa shape index (κ1) is 15.5. The molecule has 0 saturated carbocycles. The molecule has 1 N–H and O–H groups in total. The third-order valence-corrected chi connectivity index (χ3v) is 3.87. The van der Waals surface area contributed by atoms with Gasteiger partial charge in [-0.1, -0.05) is 29.8 Å². The highest BCUT2D eigenvalue weighted by Crippen LogP contribution is 2.28. The highest BCUT2D eigenvalue weighted by Gasteiger charge is 2.19. The average Bonchev–Trinajstić information content (AvgIpc) is 2.46. The molecular weight excluding hydrogens is 360 g/mol. The molecule has 0 spiro atoms. The minimum atomic E-state index is -0.542. The van der Waals surface area contributed by atoms with Crippen LogP contribution in [0.15, 0.2) is 46.9 Å². The quantitative estimate of drug-likeness (QED) is 0.655. The maximum Gasteiger partial charge on any atom is 0.284 e. The molecule has 108 valence electrons. The first-order chi connectivity index (χ1) is 9.99. The van der Waals surface area contributed by atoms with E-state index in [2.05, 4.69) is 21.2 Å². The summed E-state index contributed by atoms with van der Waals surface area (Å²) in [7, 11) is 0. The van der Waals surface area contributed by atoms with Crippen LogP contribution >= 0.6 is 27.5 Å². The molecule has 0 bridgehead atoms. The molecule has 2 aromatic carbocycles. The van der Waals surface area contributed by atoms with Crippen LogP contribution in [-0.2, 0) is 6.54 Å². The lowest BCUT2D eigenvalue weighted by molar-refractivity contribution is -0.385. The summed E-state index contributed by atoms with van der Waals surface area (Å²) < 4.78 is 0.170. The average molecular weight is 370 g/mol.